The van der Waals surface area contributed by atoms with Crippen LogP contribution in [-0.2, 0) is 21.5 Å². The maximum Gasteiger partial charge on any atom is 0.352 e. The predicted octanol–water partition coefficient (Wildman–Crippen LogP) is 5.59. The molecule has 0 spiro atoms. The van der Waals surface area contributed by atoms with E-state index in [4.69, 9.17) is 16.6 Å². The normalized spacial score (nSPS) is 18.0. The van der Waals surface area contributed by atoms with Crippen molar-refractivity contribution < 1.29 is 17.6 Å². The van der Waals surface area contributed by atoms with Gasteiger partial charge in [0.05, 0.1) is 22.0 Å². The number of fused-ring (bicyclic) bond motifs is 1. The van der Waals surface area contributed by atoms with Crippen molar-refractivity contribution >= 4 is 45.1 Å². The van der Waals surface area contributed by atoms with Crippen molar-refractivity contribution in [2.75, 3.05) is 38.0 Å². The Morgan fingerprint density at radius 2 is 1.89 bits per heavy atom. The lowest BCUT2D eigenvalue weighted by Crippen LogP contribution is -2.56. The van der Waals surface area contributed by atoms with Gasteiger partial charge in [-0.3, -0.25) is 4.79 Å². The van der Waals surface area contributed by atoms with Gasteiger partial charge in [0, 0.05) is 37.8 Å². The Morgan fingerprint density at radius 3 is 2.52 bits per heavy atom. The van der Waals surface area contributed by atoms with Crippen LogP contribution in [0.2, 0.25) is 5.02 Å². The Balaban J connectivity index is 1.73. The second kappa shape index (κ2) is 12.3. The first-order valence-electron chi connectivity index (χ1n) is 14.4. The summed E-state index contributed by atoms with van der Waals surface area (Å²) in [5.41, 5.74) is 2.90. The molecule has 9 nitrogen and oxygen atoms in total. The number of amidine groups is 1. The first-order valence-corrected chi connectivity index (χ1v) is 16.2. The fourth-order valence-corrected chi connectivity index (χ4v) is 7.24. The van der Waals surface area contributed by atoms with Gasteiger partial charge in [0.15, 0.2) is 11.7 Å². The lowest BCUT2D eigenvalue weighted by Gasteiger charge is -2.43. The zero-order chi connectivity index (χ0) is 31.9. The molecule has 1 aromatic heterocycles. The number of nitrogens with zero attached hydrogens (tertiary/aromatic N) is 6. The Hall–Kier alpha value is -3.80. The number of benzene rings is 2. The summed E-state index contributed by atoms with van der Waals surface area (Å²) in [6.07, 6.45) is 1.27. The highest BCUT2D eigenvalue weighted by atomic mass is 35.5. The topological polar surface area (TPSA) is 89.4 Å². The third kappa shape index (κ3) is 5.96. The summed E-state index contributed by atoms with van der Waals surface area (Å²) in [4.78, 5) is 22.6. The van der Waals surface area contributed by atoms with Gasteiger partial charge in [0.25, 0.3) is 0 Å². The molecule has 2 aliphatic rings. The summed E-state index contributed by atoms with van der Waals surface area (Å²) in [6.45, 7) is 11.2. The smallest absolute Gasteiger partial charge is 0.349 e. The summed E-state index contributed by atoms with van der Waals surface area (Å²) < 4.78 is 49.0. The molecular formula is C32H36ClFN6O3S. The summed E-state index contributed by atoms with van der Waals surface area (Å²) in [5, 5.41) is 0.152. The number of carbonyl (C=O) groups excluding carboxylic acids is 1. The van der Waals surface area contributed by atoms with E-state index in [1.165, 1.54) is 12.1 Å². The van der Waals surface area contributed by atoms with Gasteiger partial charge >= 0.3 is 10.2 Å². The highest BCUT2D eigenvalue weighted by Gasteiger charge is 2.40. The van der Waals surface area contributed by atoms with Gasteiger partial charge < -0.3 is 14.7 Å². The van der Waals surface area contributed by atoms with E-state index >= 15 is 4.39 Å². The molecule has 0 bridgehead atoms. The van der Waals surface area contributed by atoms with Crippen LogP contribution in [-0.4, -0.2) is 79.6 Å². The average Bonchev–Trinajstić information content (AvgIpc) is 2.96. The van der Waals surface area contributed by atoms with Gasteiger partial charge in [0.2, 0.25) is 5.91 Å². The lowest BCUT2D eigenvalue weighted by molar-refractivity contribution is -0.128. The first kappa shape index (κ1) is 31.6. The highest BCUT2D eigenvalue weighted by molar-refractivity contribution is 7.92. The molecule has 1 atom stereocenters. The quantitative estimate of drug-likeness (QED) is 0.327. The Kier molecular flexibility index (Phi) is 8.84. The second-order valence-corrected chi connectivity index (χ2v) is 13.5. The highest BCUT2D eigenvalue weighted by Crippen LogP contribution is 2.43. The van der Waals surface area contributed by atoms with Gasteiger partial charge in [-0.25, -0.2) is 13.7 Å². The average molecular weight is 639 g/mol. The predicted molar refractivity (Wildman–Crippen MR) is 173 cm³/mol. The standard InChI is InChI=1S/C32H36ClFN6O3S/c1-7-29(41)38-14-15-39(21(4)18-38)32-25-17-26(33)30(23-10-8-9-11-27(23)34)35-31(25)40(44(42,43)36-32)28-13-12-22(19-37(5)6)16-24(28)20(2)3/h7-13,16-17,20-21H,1,14-15,18-19H2,2-6H3. The third-order valence-corrected chi connectivity index (χ3v) is 9.29. The number of amides is 1. The van der Waals surface area contributed by atoms with Crippen LogP contribution in [0.5, 0.6) is 0 Å². The molecule has 1 saturated heterocycles. The van der Waals surface area contributed by atoms with Crippen molar-refractivity contribution in [2.24, 2.45) is 4.40 Å². The molecule has 0 aliphatic carbocycles. The van der Waals surface area contributed by atoms with Crippen LogP contribution < -0.4 is 4.31 Å². The van der Waals surface area contributed by atoms with Crippen molar-refractivity contribution in [3.63, 3.8) is 0 Å². The maximum atomic E-state index is 15.0. The zero-order valence-corrected chi connectivity index (χ0v) is 27.0. The molecule has 0 saturated carbocycles. The molecule has 44 heavy (non-hydrogen) atoms. The van der Waals surface area contributed by atoms with Crippen molar-refractivity contribution in [3.8, 4) is 11.3 Å². The number of anilines is 2. The second-order valence-electron chi connectivity index (χ2n) is 11.6. The fraction of sp³-hybridized carbons (Fsp3) is 0.344. The van der Waals surface area contributed by atoms with E-state index in [2.05, 4.69) is 11.0 Å². The Labute approximate surface area is 263 Å². The Morgan fingerprint density at radius 1 is 1.16 bits per heavy atom. The molecule has 3 heterocycles. The van der Waals surface area contributed by atoms with E-state index in [1.54, 1.807) is 35.2 Å². The molecule has 2 aliphatic heterocycles. The number of hydrogen-bond donors (Lipinski definition) is 0. The van der Waals surface area contributed by atoms with Crippen molar-refractivity contribution in [1.29, 1.82) is 0 Å². The minimum atomic E-state index is -4.39. The molecule has 12 heteroatoms. The number of halogens is 2. The zero-order valence-electron chi connectivity index (χ0n) is 25.5. The molecule has 0 N–H and O–H groups in total. The van der Waals surface area contributed by atoms with E-state index in [0.717, 1.165) is 15.4 Å². The van der Waals surface area contributed by atoms with Gasteiger partial charge in [-0.15, -0.1) is 4.40 Å². The van der Waals surface area contributed by atoms with Crippen LogP contribution in [0, 0.1) is 5.82 Å². The van der Waals surface area contributed by atoms with Crippen LogP contribution in [0.1, 0.15) is 43.4 Å². The van der Waals surface area contributed by atoms with E-state index in [9.17, 15) is 13.2 Å². The molecule has 5 rings (SSSR count). The monoisotopic (exact) mass is 638 g/mol. The Bertz CT molecular complexity index is 1760. The number of pyridine rings is 1. The van der Waals surface area contributed by atoms with E-state index in [1.807, 2.05) is 56.8 Å². The number of rotatable bonds is 6. The van der Waals surface area contributed by atoms with Gasteiger partial charge in [-0.1, -0.05) is 56.3 Å². The summed E-state index contributed by atoms with van der Waals surface area (Å²) >= 11 is 6.77. The largest absolute Gasteiger partial charge is 0.352 e. The van der Waals surface area contributed by atoms with E-state index < -0.39 is 16.0 Å². The summed E-state index contributed by atoms with van der Waals surface area (Å²) in [5.74, 6) is -0.506. The molecule has 1 unspecified atom stereocenters. The molecule has 3 aromatic rings. The fourth-order valence-electron chi connectivity index (χ4n) is 5.71. The van der Waals surface area contributed by atoms with Crippen LogP contribution in [0.25, 0.3) is 11.3 Å². The van der Waals surface area contributed by atoms with Crippen LogP contribution >= 0.6 is 11.6 Å². The molecule has 1 fully saturated rings. The molecule has 232 valence electrons. The lowest BCUT2D eigenvalue weighted by atomic mass is 9.98. The third-order valence-electron chi connectivity index (χ3n) is 7.77. The van der Waals surface area contributed by atoms with Crippen molar-refractivity contribution in [1.82, 2.24) is 19.7 Å². The minimum Gasteiger partial charge on any atom is -0.349 e. The molecule has 1 amide bonds. The molecule has 2 aromatic carbocycles. The number of hydrogen-bond acceptors (Lipinski definition) is 6. The van der Waals surface area contributed by atoms with Gasteiger partial charge in [0.1, 0.15) is 5.82 Å². The van der Waals surface area contributed by atoms with Crippen LogP contribution in [0.15, 0.2) is 65.6 Å². The van der Waals surface area contributed by atoms with E-state index in [0.29, 0.717) is 37.4 Å². The minimum absolute atomic E-state index is 0.0371. The molecule has 0 radical (unpaired) electrons. The SMILES string of the molecule is C=CC(=O)N1CCN(C2=NS(=O)(=O)N(c3ccc(CN(C)C)cc3C(C)C)c3nc(-c4ccccc4F)c(Cl)cc32)C(C)C1. The molecular weight excluding hydrogens is 603 g/mol. The van der Waals surface area contributed by atoms with Crippen molar-refractivity contribution in [3.05, 3.63) is 88.7 Å². The van der Waals surface area contributed by atoms with E-state index in [-0.39, 0.29) is 45.8 Å². The van der Waals surface area contributed by atoms with Gasteiger partial charge in [-0.2, -0.15) is 8.42 Å². The number of carbonyl (C=O) groups is 1. The number of piperazine rings is 1. The van der Waals surface area contributed by atoms with Crippen LogP contribution in [0.3, 0.4) is 0 Å². The van der Waals surface area contributed by atoms with Crippen molar-refractivity contribution in [2.45, 2.75) is 39.3 Å². The maximum absolute atomic E-state index is 15.0. The van der Waals surface area contributed by atoms with Crippen LogP contribution in [0.4, 0.5) is 15.9 Å². The number of aromatic nitrogens is 1. The first-order chi connectivity index (χ1) is 20.8. The summed E-state index contributed by atoms with van der Waals surface area (Å²) in [6, 6.07) is 13.1. The summed E-state index contributed by atoms with van der Waals surface area (Å²) in [7, 11) is -0.450. The van der Waals surface area contributed by atoms with Gasteiger partial charge in [-0.05, 0) is 68.4 Å².